The summed E-state index contributed by atoms with van der Waals surface area (Å²) in [5, 5.41) is 1.87. The molecule has 0 aromatic heterocycles. The number of ketones is 2. The van der Waals surface area contributed by atoms with Gasteiger partial charge < -0.3 is 5.32 Å². The fraction of sp³-hybridized carbons (Fsp3) is 0.118. The molecular formula is C17H12ClNO3. The number of carbonyl (C=O) groups is 3. The Balaban J connectivity index is 2.15. The van der Waals surface area contributed by atoms with E-state index in [-0.39, 0.29) is 17.1 Å². The van der Waals surface area contributed by atoms with E-state index in [0.717, 1.165) is 0 Å². The van der Waals surface area contributed by atoms with Crippen molar-refractivity contribution in [2.75, 3.05) is 5.32 Å². The summed E-state index contributed by atoms with van der Waals surface area (Å²) in [4.78, 5) is 37.0. The predicted octanol–water partition coefficient (Wildman–Crippen LogP) is 3.03. The van der Waals surface area contributed by atoms with Gasteiger partial charge in [-0.15, -0.1) is 11.6 Å². The quantitative estimate of drug-likeness (QED) is 0.740. The summed E-state index contributed by atoms with van der Waals surface area (Å²) < 4.78 is 0. The third kappa shape index (κ3) is 2.22. The number of fused-ring (bicyclic) bond motifs is 2. The maximum atomic E-state index is 12.7. The molecule has 0 bridgehead atoms. The van der Waals surface area contributed by atoms with Crippen LogP contribution in [-0.2, 0) is 4.79 Å². The zero-order valence-electron chi connectivity index (χ0n) is 11.7. The summed E-state index contributed by atoms with van der Waals surface area (Å²) in [7, 11) is 0. The third-order valence-electron chi connectivity index (χ3n) is 3.57. The van der Waals surface area contributed by atoms with Gasteiger partial charge in [0.25, 0.3) is 0 Å². The maximum absolute atomic E-state index is 12.7. The van der Waals surface area contributed by atoms with E-state index < -0.39 is 11.3 Å². The molecule has 4 nitrogen and oxygen atoms in total. The molecule has 1 amide bonds. The number of anilines is 1. The van der Waals surface area contributed by atoms with Gasteiger partial charge in [-0.05, 0) is 13.0 Å². The number of alkyl halides is 1. The molecule has 2 aromatic rings. The fourth-order valence-corrected chi connectivity index (χ4v) is 2.54. The Kier molecular flexibility index (Phi) is 3.54. The molecule has 2 aromatic carbocycles. The number of hydrogen-bond donors (Lipinski definition) is 1. The van der Waals surface area contributed by atoms with E-state index in [2.05, 4.69) is 5.32 Å². The van der Waals surface area contributed by atoms with Gasteiger partial charge in [-0.3, -0.25) is 14.4 Å². The van der Waals surface area contributed by atoms with E-state index in [1.807, 2.05) is 0 Å². The first-order chi connectivity index (χ1) is 10.5. The van der Waals surface area contributed by atoms with E-state index in [9.17, 15) is 14.4 Å². The summed E-state index contributed by atoms with van der Waals surface area (Å²) in [6, 6.07) is 11.5. The molecular weight excluding hydrogens is 302 g/mol. The first-order valence-corrected chi connectivity index (χ1v) is 7.20. The molecule has 0 saturated heterocycles. The summed E-state index contributed by atoms with van der Waals surface area (Å²) in [5.41, 5.74) is 1.55. The van der Waals surface area contributed by atoms with Crippen molar-refractivity contribution in [2.24, 2.45) is 0 Å². The van der Waals surface area contributed by atoms with Gasteiger partial charge in [0.15, 0.2) is 11.6 Å². The van der Waals surface area contributed by atoms with E-state index in [1.165, 1.54) is 6.92 Å². The second kappa shape index (κ2) is 5.39. The summed E-state index contributed by atoms with van der Waals surface area (Å²) in [5.74, 6) is -0.919. The van der Waals surface area contributed by atoms with Crippen molar-refractivity contribution < 1.29 is 14.4 Å². The van der Waals surface area contributed by atoms with Gasteiger partial charge in [-0.2, -0.15) is 0 Å². The topological polar surface area (TPSA) is 63.2 Å². The smallest absolute Gasteiger partial charge is 0.242 e. The van der Waals surface area contributed by atoms with Gasteiger partial charge in [-0.25, -0.2) is 0 Å². The van der Waals surface area contributed by atoms with Crippen molar-refractivity contribution in [3.8, 4) is 0 Å². The first-order valence-electron chi connectivity index (χ1n) is 6.77. The second-order valence-corrected chi connectivity index (χ2v) is 5.69. The van der Waals surface area contributed by atoms with Gasteiger partial charge in [0, 0.05) is 16.7 Å². The third-order valence-corrected chi connectivity index (χ3v) is 3.77. The Bertz CT molecular complexity index is 811. The largest absolute Gasteiger partial charge is 0.324 e. The lowest BCUT2D eigenvalue weighted by atomic mass is 9.83. The molecule has 3 rings (SSSR count). The molecule has 0 radical (unpaired) electrons. The second-order valence-electron chi connectivity index (χ2n) is 5.04. The highest BCUT2D eigenvalue weighted by Gasteiger charge is 2.31. The lowest BCUT2D eigenvalue weighted by Gasteiger charge is -2.20. The minimum absolute atomic E-state index is 0.219. The van der Waals surface area contributed by atoms with E-state index in [4.69, 9.17) is 11.6 Å². The van der Waals surface area contributed by atoms with Gasteiger partial charge >= 0.3 is 0 Å². The van der Waals surface area contributed by atoms with Crippen LogP contribution in [0, 0.1) is 0 Å². The van der Waals surface area contributed by atoms with E-state index in [1.54, 1.807) is 42.5 Å². The van der Waals surface area contributed by atoms with E-state index >= 15 is 0 Å². The van der Waals surface area contributed by atoms with Crippen molar-refractivity contribution in [1.29, 1.82) is 0 Å². The summed E-state index contributed by atoms with van der Waals surface area (Å²) >= 11 is 5.74. The SMILES string of the molecule is C[C@@H](Cl)C(=O)Nc1cccc2c1C(=O)c1ccccc1C2=O. The van der Waals surface area contributed by atoms with Gasteiger partial charge in [0.1, 0.15) is 5.38 Å². The number of amides is 1. The van der Waals surface area contributed by atoms with Crippen LogP contribution in [0.4, 0.5) is 5.69 Å². The Labute approximate surface area is 132 Å². The van der Waals surface area contributed by atoms with Crippen molar-refractivity contribution in [2.45, 2.75) is 12.3 Å². The zero-order chi connectivity index (χ0) is 15.9. The molecule has 5 heteroatoms. The molecule has 0 saturated carbocycles. The number of carbonyl (C=O) groups excluding carboxylic acids is 3. The monoisotopic (exact) mass is 313 g/mol. The highest BCUT2D eigenvalue weighted by molar-refractivity contribution is 6.34. The number of halogens is 1. The highest BCUT2D eigenvalue weighted by atomic mass is 35.5. The predicted molar refractivity (Wildman–Crippen MR) is 83.7 cm³/mol. The van der Waals surface area contributed by atoms with Crippen LogP contribution >= 0.6 is 11.6 Å². The minimum atomic E-state index is -0.738. The van der Waals surface area contributed by atoms with Gasteiger partial charge in [0.2, 0.25) is 5.91 Å². The summed E-state index contributed by atoms with van der Waals surface area (Å²) in [6.45, 7) is 1.54. The van der Waals surface area contributed by atoms with Gasteiger partial charge in [0.05, 0.1) is 11.3 Å². The molecule has 0 heterocycles. The zero-order valence-corrected chi connectivity index (χ0v) is 12.5. The van der Waals surface area contributed by atoms with Crippen molar-refractivity contribution in [3.63, 3.8) is 0 Å². The lowest BCUT2D eigenvalue weighted by molar-refractivity contribution is -0.115. The molecule has 1 atom stereocenters. The van der Waals surface area contributed by atoms with Crippen molar-refractivity contribution >= 4 is 34.8 Å². The van der Waals surface area contributed by atoms with Crippen molar-refractivity contribution in [3.05, 3.63) is 64.7 Å². The molecule has 1 aliphatic rings. The van der Waals surface area contributed by atoms with Crippen LogP contribution in [0.3, 0.4) is 0 Å². The summed E-state index contributed by atoms with van der Waals surface area (Å²) in [6.07, 6.45) is 0. The minimum Gasteiger partial charge on any atom is -0.324 e. The van der Waals surface area contributed by atoms with Crippen LogP contribution in [0.1, 0.15) is 38.8 Å². The van der Waals surface area contributed by atoms with E-state index in [0.29, 0.717) is 22.4 Å². The fourth-order valence-electron chi connectivity index (χ4n) is 2.48. The van der Waals surface area contributed by atoms with Crippen LogP contribution in [-0.4, -0.2) is 22.9 Å². The number of benzene rings is 2. The Hall–Kier alpha value is -2.46. The molecule has 0 fully saturated rings. The Morgan fingerprint density at radius 1 is 0.955 bits per heavy atom. The highest BCUT2D eigenvalue weighted by Crippen LogP contribution is 2.31. The normalized spacial score (nSPS) is 14.1. The van der Waals surface area contributed by atoms with Crippen LogP contribution in [0.15, 0.2) is 42.5 Å². The Morgan fingerprint density at radius 2 is 1.55 bits per heavy atom. The van der Waals surface area contributed by atoms with Crippen LogP contribution in [0.25, 0.3) is 0 Å². The van der Waals surface area contributed by atoms with Crippen LogP contribution < -0.4 is 5.32 Å². The number of hydrogen-bond acceptors (Lipinski definition) is 3. The molecule has 0 spiro atoms. The number of rotatable bonds is 2. The molecule has 1 N–H and O–H groups in total. The van der Waals surface area contributed by atoms with Crippen LogP contribution in [0.5, 0.6) is 0 Å². The average Bonchev–Trinajstić information content (AvgIpc) is 2.52. The molecule has 0 unspecified atom stereocenters. The average molecular weight is 314 g/mol. The maximum Gasteiger partial charge on any atom is 0.242 e. The molecule has 1 aliphatic carbocycles. The van der Waals surface area contributed by atoms with Crippen molar-refractivity contribution in [1.82, 2.24) is 0 Å². The molecule has 22 heavy (non-hydrogen) atoms. The first kappa shape index (κ1) is 14.5. The standard InChI is InChI=1S/C17H12ClNO3/c1-9(18)17(22)19-13-8-4-7-12-14(13)16(21)11-6-3-2-5-10(11)15(12)20/h2-9H,1H3,(H,19,22)/t9-/m1/s1. The molecule has 0 aliphatic heterocycles. The van der Waals surface area contributed by atoms with Gasteiger partial charge in [-0.1, -0.05) is 36.4 Å². The lowest BCUT2D eigenvalue weighted by Crippen LogP contribution is -2.26. The number of nitrogens with one attached hydrogen (secondary N) is 1. The molecule has 110 valence electrons. The van der Waals surface area contributed by atoms with Crippen LogP contribution in [0.2, 0.25) is 0 Å². The Morgan fingerprint density at radius 3 is 2.18 bits per heavy atom.